The predicted octanol–water partition coefficient (Wildman–Crippen LogP) is 5.64. The first kappa shape index (κ1) is 18.5. The molecule has 0 N–H and O–H groups in total. The molecule has 0 aliphatic rings. The third kappa shape index (κ3) is 13.7. The first-order valence-electron chi connectivity index (χ1n) is 8.40. The maximum absolute atomic E-state index is 11.5. The number of hydrogen-bond acceptors (Lipinski definition) is 2. The molecule has 0 aromatic heterocycles. The standard InChI is InChI=1S/C17H34O2/c1-4-6-7-8-9-10-11-12-13-15-17(18)19-16(3)14-5-2/h16H,4-15H2,1-3H3/t16-/m0/s1. The van der Waals surface area contributed by atoms with Gasteiger partial charge in [0.2, 0.25) is 0 Å². The highest BCUT2D eigenvalue weighted by Gasteiger charge is 2.07. The van der Waals surface area contributed by atoms with Crippen molar-refractivity contribution in [3.05, 3.63) is 0 Å². The summed E-state index contributed by atoms with van der Waals surface area (Å²) in [5.41, 5.74) is 0. The van der Waals surface area contributed by atoms with Gasteiger partial charge in [0.1, 0.15) is 0 Å². The highest BCUT2D eigenvalue weighted by Crippen LogP contribution is 2.11. The van der Waals surface area contributed by atoms with Crippen LogP contribution in [-0.2, 0) is 9.53 Å². The van der Waals surface area contributed by atoms with Crippen molar-refractivity contribution in [2.24, 2.45) is 0 Å². The highest BCUT2D eigenvalue weighted by molar-refractivity contribution is 5.69. The van der Waals surface area contributed by atoms with Crippen LogP contribution >= 0.6 is 0 Å². The molecule has 0 bridgehead atoms. The molecule has 0 saturated carbocycles. The van der Waals surface area contributed by atoms with Crippen molar-refractivity contribution in [2.45, 2.75) is 104 Å². The van der Waals surface area contributed by atoms with Gasteiger partial charge in [-0.25, -0.2) is 0 Å². The van der Waals surface area contributed by atoms with E-state index >= 15 is 0 Å². The molecular weight excluding hydrogens is 236 g/mol. The Bertz CT molecular complexity index is 201. The van der Waals surface area contributed by atoms with Gasteiger partial charge < -0.3 is 4.74 Å². The van der Waals surface area contributed by atoms with Crippen molar-refractivity contribution in [3.63, 3.8) is 0 Å². The summed E-state index contributed by atoms with van der Waals surface area (Å²) in [7, 11) is 0. The molecule has 0 spiro atoms. The molecule has 0 amide bonds. The maximum atomic E-state index is 11.5. The third-order valence-corrected chi connectivity index (χ3v) is 3.51. The lowest BCUT2D eigenvalue weighted by molar-refractivity contribution is -0.148. The zero-order valence-electron chi connectivity index (χ0n) is 13.4. The van der Waals surface area contributed by atoms with Gasteiger partial charge in [-0.05, 0) is 19.8 Å². The predicted molar refractivity (Wildman–Crippen MR) is 82.3 cm³/mol. The molecule has 2 nitrogen and oxygen atoms in total. The van der Waals surface area contributed by atoms with Gasteiger partial charge in [-0.15, -0.1) is 0 Å². The van der Waals surface area contributed by atoms with E-state index in [0.717, 1.165) is 19.3 Å². The Balaban J connectivity index is 3.23. The van der Waals surface area contributed by atoms with E-state index in [1.165, 1.54) is 51.4 Å². The summed E-state index contributed by atoms with van der Waals surface area (Å²) in [6.45, 7) is 6.35. The second-order valence-corrected chi connectivity index (χ2v) is 5.67. The number of carbonyl (C=O) groups is 1. The molecule has 0 unspecified atom stereocenters. The summed E-state index contributed by atoms with van der Waals surface area (Å²) in [6, 6.07) is 0. The number of esters is 1. The summed E-state index contributed by atoms with van der Waals surface area (Å²) in [4.78, 5) is 11.5. The van der Waals surface area contributed by atoms with Gasteiger partial charge >= 0.3 is 5.97 Å². The second-order valence-electron chi connectivity index (χ2n) is 5.67. The van der Waals surface area contributed by atoms with Crippen molar-refractivity contribution in [1.29, 1.82) is 0 Å². The van der Waals surface area contributed by atoms with E-state index in [9.17, 15) is 4.79 Å². The van der Waals surface area contributed by atoms with E-state index in [1.807, 2.05) is 6.92 Å². The van der Waals surface area contributed by atoms with Crippen molar-refractivity contribution < 1.29 is 9.53 Å². The van der Waals surface area contributed by atoms with Crippen molar-refractivity contribution in [3.8, 4) is 0 Å². The van der Waals surface area contributed by atoms with Gasteiger partial charge in [0.25, 0.3) is 0 Å². The Morgan fingerprint density at radius 1 is 0.842 bits per heavy atom. The van der Waals surface area contributed by atoms with Gasteiger partial charge in [0, 0.05) is 6.42 Å². The molecule has 0 heterocycles. The average molecular weight is 270 g/mol. The lowest BCUT2D eigenvalue weighted by atomic mass is 10.1. The van der Waals surface area contributed by atoms with Gasteiger partial charge in [-0.1, -0.05) is 71.6 Å². The Morgan fingerprint density at radius 2 is 1.37 bits per heavy atom. The minimum Gasteiger partial charge on any atom is -0.463 e. The van der Waals surface area contributed by atoms with Crippen LogP contribution in [0.1, 0.15) is 97.8 Å². The Kier molecular flexibility index (Phi) is 13.5. The Labute approximate surface area is 120 Å². The lowest BCUT2D eigenvalue weighted by Gasteiger charge is -2.11. The maximum Gasteiger partial charge on any atom is 0.306 e. The molecule has 0 radical (unpaired) electrons. The topological polar surface area (TPSA) is 26.3 Å². The van der Waals surface area contributed by atoms with Crippen LogP contribution in [0.5, 0.6) is 0 Å². The average Bonchev–Trinajstić information content (AvgIpc) is 2.37. The molecule has 0 rings (SSSR count). The molecule has 2 heteroatoms. The lowest BCUT2D eigenvalue weighted by Crippen LogP contribution is -2.14. The van der Waals surface area contributed by atoms with E-state index in [2.05, 4.69) is 13.8 Å². The number of unbranched alkanes of at least 4 members (excludes halogenated alkanes) is 8. The molecule has 1 atom stereocenters. The molecule has 0 aliphatic carbocycles. The summed E-state index contributed by atoms with van der Waals surface area (Å²) < 4.78 is 5.32. The fraction of sp³-hybridized carbons (Fsp3) is 0.941. The van der Waals surface area contributed by atoms with Crippen molar-refractivity contribution >= 4 is 5.97 Å². The number of ether oxygens (including phenoxy) is 1. The normalized spacial score (nSPS) is 12.4. The van der Waals surface area contributed by atoms with Crippen LogP contribution in [0.25, 0.3) is 0 Å². The highest BCUT2D eigenvalue weighted by atomic mass is 16.5. The minimum absolute atomic E-state index is 0.0103. The molecular formula is C17H34O2. The van der Waals surface area contributed by atoms with Crippen LogP contribution in [0.3, 0.4) is 0 Å². The van der Waals surface area contributed by atoms with Crippen LogP contribution < -0.4 is 0 Å². The van der Waals surface area contributed by atoms with Gasteiger partial charge in [-0.2, -0.15) is 0 Å². The second kappa shape index (κ2) is 13.9. The van der Waals surface area contributed by atoms with Crippen LogP contribution in [-0.4, -0.2) is 12.1 Å². The first-order valence-corrected chi connectivity index (χ1v) is 8.40. The molecule has 114 valence electrons. The van der Waals surface area contributed by atoms with E-state index < -0.39 is 0 Å². The van der Waals surface area contributed by atoms with Gasteiger partial charge in [0.05, 0.1) is 6.10 Å². The molecule has 0 saturated heterocycles. The zero-order valence-corrected chi connectivity index (χ0v) is 13.4. The number of carbonyl (C=O) groups excluding carboxylic acids is 1. The largest absolute Gasteiger partial charge is 0.463 e. The smallest absolute Gasteiger partial charge is 0.306 e. The summed E-state index contributed by atoms with van der Waals surface area (Å²) >= 11 is 0. The number of rotatable bonds is 13. The van der Waals surface area contributed by atoms with Crippen LogP contribution in [0.2, 0.25) is 0 Å². The summed E-state index contributed by atoms with van der Waals surface area (Å²) in [5.74, 6) is -0.0103. The van der Waals surface area contributed by atoms with E-state index in [1.54, 1.807) is 0 Å². The van der Waals surface area contributed by atoms with E-state index in [4.69, 9.17) is 4.74 Å². The SMILES string of the molecule is CCCCCCCCCCCC(=O)O[C@@H](C)CCC. The fourth-order valence-corrected chi connectivity index (χ4v) is 2.33. The summed E-state index contributed by atoms with van der Waals surface area (Å²) in [5, 5.41) is 0. The first-order chi connectivity index (χ1) is 9.20. The fourth-order valence-electron chi connectivity index (χ4n) is 2.33. The van der Waals surface area contributed by atoms with Crippen LogP contribution in [0.4, 0.5) is 0 Å². The van der Waals surface area contributed by atoms with Crippen molar-refractivity contribution in [1.82, 2.24) is 0 Å². The number of hydrogen-bond donors (Lipinski definition) is 0. The Hall–Kier alpha value is -0.530. The zero-order chi connectivity index (χ0) is 14.3. The van der Waals surface area contributed by atoms with Gasteiger partial charge in [0.15, 0.2) is 0 Å². The third-order valence-electron chi connectivity index (χ3n) is 3.51. The molecule has 0 fully saturated rings. The molecule has 0 aromatic rings. The minimum atomic E-state index is -0.0103. The van der Waals surface area contributed by atoms with Crippen molar-refractivity contribution in [2.75, 3.05) is 0 Å². The van der Waals surface area contributed by atoms with Gasteiger partial charge in [-0.3, -0.25) is 4.79 Å². The van der Waals surface area contributed by atoms with E-state index in [-0.39, 0.29) is 12.1 Å². The Morgan fingerprint density at radius 3 is 1.89 bits per heavy atom. The summed E-state index contributed by atoms with van der Waals surface area (Å²) in [6.07, 6.45) is 14.3. The van der Waals surface area contributed by atoms with E-state index in [0.29, 0.717) is 6.42 Å². The molecule has 0 aliphatic heterocycles. The quantitative estimate of drug-likeness (QED) is 0.320. The van der Waals surface area contributed by atoms with Crippen LogP contribution in [0.15, 0.2) is 0 Å². The molecule has 0 aromatic carbocycles. The van der Waals surface area contributed by atoms with Crippen LogP contribution in [0, 0.1) is 0 Å². The molecule has 19 heavy (non-hydrogen) atoms. The monoisotopic (exact) mass is 270 g/mol.